The van der Waals surface area contributed by atoms with E-state index in [4.69, 9.17) is 9.47 Å². The number of ether oxygens (including phenoxy) is 2. The molecule has 2 aromatic carbocycles. The van der Waals surface area contributed by atoms with Gasteiger partial charge in [-0.05, 0) is 45.7 Å². The molecule has 0 aliphatic heterocycles. The number of fused-ring (bicyclic) bond motifs is 1. The van der Waals surface area contributed by atoms with E-state index < -0.39 is 0 Å². The van der Waals surface area contributed by atoms with Crippen LogP contribution >= 0.6 is 31.9 Å². The maximum Gasteiger partial charge on any atom is 0.177 e. The number of rotatable bonds is 4. The molecular weight excluding hydrogens is 360 g/mol. The molecule has 2 rings (SSSR count). The average Bonchev–Trinajstić information content (AvgIpc) is 2.40. The Kier molecular flexibility index (Phi) is 4.51. The molecule has 0 N–H and O–H groups in total. The number of benzene rings is 2. The molecule has 0 bridgehead atoms. The maximum atomic E-state index is 5.71. The van der Waals surface area contributed by atoms with E-state index in [-0.39, 0.29) is 0 Å². The molecule has 0 unspecified atom stereocenters. The largest absolute Gasteiger partial charge is 0.489 e. The van der Waals surface area contributed by atoms with E-state index in [0.29, 0.717) is 13.2 Å². The van der Waals surface area contributed by atoms with Crippen molar-refractivity contribution in [3.8, 4) is 11.5 Å². The lowest BCUT2D eigenvalue weighted by atomic mass is 10.1. The lowest BCUT2D eigenvalue weighted by molar-refractivity contribution is 0.285. The standard InChI is InChI=1S/C14H14Br2O2/c1-3-17-13-11(15)9-7-5-6-8-10(9)12(16)14(13)18-4-2/h5-8H,3-4H2,1-2H3. The Labute approximate surface area is 124 Å². The first-order valence-corrected chi connectivity index (χ1v) is 7.44. The van der Waals surface area contributed by atoms with E-state index in [0.717, 1.165) is 31.2 Å². The fraction of sp³-hybridized carbons (Fsp3) is 0.286. The summed E-state index contributed by atoms with van der Waals surface area (Å²) in [5.41, 5.74) is 0. The average molecular weight is 374 g/mol. The zero-order valence-corrected chi connectivity index (χ0v) is 13.5. The third kappa shape index (κ3) is 2.36. The zero-order valence-electron chi connectivity index (χ0n) is 10.3. The molecule has 0 heterocycles. The minimum atomic E-state index is 0.601. The van der Waals surface area contributed by atoms with E-state index in [2.05, 4.69) is 44.0 Å². The highest BCUT2D eigenvalue weighted by molar-refractivity contribution is 9.11. The van der Waals surface area contributed by atoms with Crippen LogP contribution in [-0.4, -0.2) is 13.2 Å². The first kappa shape index (κ1) is 13.7. The van der Waals surface area contributed by atoms with E-state index in [9.17, 15) is 0 Å². The van der Waals surface area contributed by atoms with Crippen molar-refractivity contribution in [1.82, 2.24) is 0 Å². The summed E-state index contributed by atoms with van der Waals surface area (Å²) in [5, 5.41) is 2.22. The van der Waals surface area contributed by atoms with Gasteiger partial charge in [-0.25, -0.2) is 0 Å². The van der Waals surface area contributed by atoms with Gasteiger partial charge in [-0.15, -0.1) is 0 Å². The van der Waals surface area contributed by atoms with Gasteiger partial charge in [0, 0.05) is 10.8 Å². The quantitative estimate of drug-likeness (QED) is 0.736. The monoisotopic (exact) mass is 372 g/mol. The van der Waals surface area contributed by atoms with Crippen LogP contribution in [0.1, 0.15) is 13.8 Å². The molecule has 0 radical (unpaired) electrons. The SMILES string of the molecule is CCOc1c(OCC)c(Br)c2ccccc2c1Br. The molecule has 4 heteroatoms. The van der Waals surface area contributed by atoms with Gasteiger partial charge in [-0.3, -0.25) is 0 Å². The molecule has 0 aromatic heterocycles. The van der Waals surface area contributed by atoms with Crippen molar-refractivity contribution in [2.45, 2.75) is 13.8 Å². The molecule has 0 saturated heterocycles. The van der Waals surface area contributed by atoms with Crippen molar-refractivity contribution in [2.24, 2.45) is 0 Å². The Balaban J connectivity index is 2.77. The Morgan fingerprint density at radius 2 is 1.22 bits per heavy atom. The number of halogens is 2. The predicted molar refractivity (Wildman–Crippen MR) is 81.7 cm³/mol. The van der Waals surface area contributed by atoms with E-state index in [1.807, 2.05) is 26.0 Å². The van der Waals surface area contributed by atoms with Gasteiger partial charge in [-0.1, -0.05) is 24.3 Å². The molecule has 0 saturated carbocycles. The van der Waals surface area contributed by atoms with Crippen molar-refractivity contribution in [3.63, 3.8) is 0 Å². The van der Waals surface area contributed by atoms with Crippen LogP contribution in [0.25, 0.3) is 10.8 Å². The summed E-state index contributed by atoms with van der Waals surface area (Å²) in [7, 11) is 0. The molecule has 18 heavy (non-hydrogen) atoms. The molecule has 0 aliphatic rings. The second kappa shape index (κ2) is 5.93. The van der Waals surface area contributed by atoms with Gasteiger partial charge >= 0.3 is 0 Å². The second-order valence-electron chi connectivity index (χ2n) is 3.70. The molecule has 0 atom stereocenters. The van der Waals surface area contributed by atoms with Gasteiger partial charge in [0.1, 0.15) is 0 Å². The smallest absolute Gasteiger partial charge is 0.177 e. The number of hydrogen-bond acceptors (Lipinski definition) is 2. The minimum absolute atomic E-state index is 0.601. The maximum absolute atomic E-state index is 5.71. The fourth-order valence-corrected chi connectivity index (χ4v) is 3.14. The summed E-state index contributed by atoms with van der Waals surface area (Å²) in [6.07, 6.45) is 0. The van der Waals surface area contributed by atoms with Crippen LogP contribution in [0, 0.1) is 0 Å². The highest BCUT2D eigenvalue weighted by atomic mass is 79.9. The summed E-state index contributed by atoms with van der Waals surface area (Å²) in [6.45, 7) is 5.13. The lowest BCUT2D eigenvalue weighted by Gasteiger charge is -2.17. The van der Waals surface area contributed by atoms with Crippen LogP contribution in [0.15, 0.2) is 33.2 Å². The van der Waals surface area contributed by atoms with Crippen LogP contribution in [0.5, 0.6) is 11.5 Å². The van der Waals surface area contributed by atoms with Gasteiger partial charge in [0.05, 0.1) is 22.2 Å². The minimum Gasteiger partial charge on any atom is -0.489 e. The van der Waals surface area contributed by atoms with Gasteiger partial charge in [0.2, 0.25) is 0 Å². The van der Waals surface area contributed by atoms with Crippen molar-refractivity contribution >= 4 is 42.6 Å². The summed E-state index contributed by atoms with van der Waals surface area (Å²) in [5.74, 6) is 1.51. The van der Waals surface area contributed by atoms with Crippen LogP contribution < -0.4 is 9.47 Å². The molecule has 0 fully saturated rings. The van der Waals surface area contributed by atoms with E-state index in [1.165, 1.54) is 0 Å². The molecule has 0 amide bonds. The molecule has 0 spiro atoms. The van der Waals surface area contributed by atoms with Gasteiger partial charge in [0.15, 0.2) is 11.5 Å². The van der Waals surface area contributed by atoms with Gasteiger partial charge in [0.25, 0.3) is 0 Å². The highest BCUT2D eigenvalue weighted by Gasteiger charge is 2.18. The molecular formula is C14H14Br2O2. The third-order valence-corrected chi connectivity index (χ3v) is 4.16. The van der Waals surface area contributed by atoms with Crippen molar-refractivity contribution in [2.75, 3.05) is 13.2 Å². The summed E-state index contributed by atoms with van der Waals surface area (Å²) < 4.78 is 13.3. The topological polar surface area (TPSA) is 18.5 Å². The Morgan fingerprint density at radius 3 is 1.56 bits per heavy atom. The van der Waals surface area contributed by atoms with Crippen molar-refractivity contribution < 1.29 is 9.47 Å². The Morgan fingerprint density at radius 1 is 0.833 bits per heavy atom. The molecule has 96 valence electrons. The molecule has 2 nitrogen and oxygen atoms in total. The summed E-state index contributed by atoms with van der Waals surface area (Å²) >= 11 is 7.22. The van der Waals surface area contributed by atoms with Crippen LogP contribution in [0.3, 0.4) is 0 Å². The Hall–Kier alpha value is -0.740. The second-order valence-corrected chi connectivity index (χ2v) is 5.28. The van der Waals surface area contributed by atoms with Crippen molar-refractivity contribution in [1.29, 1.82) is 0 Å². The molecule has 2 aromatic rings. The summed E-state index contributed by atoms with van der Waals surface area (Å²) in [6, 6.07) is 8.13. The first-order valence-electron chi connectivity index (χ1n) is 5.86. The van der Waals surface area contributed by atoms with E-state index >= 15 is 0 Å². The van der Waals surface area contributed by atoms with Crippen LogP contribution in [0.2, 0.25) is 0 Å². The highest BCUT2D eigenvalue weighted by Crippen LogP contribution is 2.47. The Bertz CT molecular complexity index is 517. The predicted octanol–water partition coefficient (Wildman–Crippen LogP) is 5.16. The van der Waals surface area contributed by atoms with Crippen LogP contribution in [-0.2, 0) is 0 Å². The third-order valence-electron chi connectivity index (χ3n) is 2.58. The number of hydrogen-bond donors (Lipinski definition) is 0. The van der Waals surface area contributed by atoms with E-state index in [1.54, 1.807) is 0 Å². The fourth-order valence-electron chi connectivity index (χ4n) is 1.86. The normalized spacial score (nSPS) is 10.7. The van der Waals surface area contributed by atoms with Gasteiger partial charge in [-0.2, -0.15) is 0 Å². The zero-order chi connectivity index (χ0) is 13.1. The van der Waals surface area contributed by atoms with Crippen molar-refractivity contribution in [3.05, 3.63) is 33.2 Å². The summed E-state index contributed by atoms with van der Waals surface area (Å²) in [4.78, 5) is 0. The lowest BCUT2D eigenvalue weighted by Crippen LogP contribution is -2.00. The van der Waals surface area contributed by atoms with Crippen LogP contribution in [0.4, 0.5) is 0 Å². The first-order chi connectivity index (χ1) is 8.70. The van der Waals surface area contributed by atoms with Gasteiger partial charge < -0.3 is 9.47 Å². The molecule has 0 aliphatic carbocycles.